The van der Waals surface area contributed by atoms with Gasteiger partial charge in [-0.3, -0.25) is 10.1 Å². The summed E-state index contributed by atoms with van der Waals surface area (Å²) >= 11 is 0. The van der Waals surface area contributed by atoms with Crippen molar-refractivity contribution in [3.63, 3.8) is 0 Å². The second-order valence-electron chi connectivity index (χ2n) is 4.10. The van der Waals surface area contributed by atoms with E-state index < -0.39 is 0 Å². The van der Waals surface area contributed by atoms with Crippen molar-refractivity contribution in [1.82, 2.24) is 20.2 Å². The molecule has 7 nitrogen and oxygen atoms in total. The molecule has 2 aromatic heterocycles. The molecule has 0 aliphatic heterocycles. The van der Waals surface area contributed by atoms with Crippen molar-refractivity contribution in [2.45, 2.75) is 6.92 Å². The van der Waals surface area contributed by atoms with Gasteiger partial charge in [0.1, 0.15) is 0 Å². The second kappa shape index (κ2) is 5.04. The Morgan fingerprint density at radius 1 is 1.40 bits per heavy atom. The number of ether oxygens (including phenoxy) is 1. The summed E-state index contributed by atoms with van der Waals surface area (Å²) in [5, 5.41) is 10.1. The number of carbonyl (C=O) groups is 1. The fraction of sp³-hybridized carbons (Fsp3) is 0.154. The highest BCUT2D eigenvalue weighted by molar-refractivity contribution is 6.11. The molecule has 102 valence electrons. The standard InChI is InChI=1S/C13H13N5O2/c1-2-20-13-16-12(17-18-13)15-11(19)9-5-3-4-8-6-7-14-10(8)9/h3-7,14H,2H2,1H3,(H2,15,16,17,18,19). The highest BCUT2D eigenvalue weighted by Gasteiger charge is 2.13. The maximum atomic E-state index is 12.2. The number of hydrogen-bond acceptors (Lipinski definition) is 4. The fourth-order valence-electron chi connectivity index (χ4n) is 1.94. The fourth-order valence-corrected chi connectivity index (χ4v) is 1.94. The lowest BCUT2D eigenvalue weighted by atomic mass is 10.1. The number of nitrogens with one attached hydrogen (secondary N) is 3. The van der Waals surface area contributed by atoms with Crippen LogP contribution >= 0.6 is 0 Å². The third-order valence-electron chi connectivity index (χ3n) is 2.80. The van der Waals surface area contributed by atoms with Crippen LogP contribution in [0, 0.1) is 0 Å². The van der Waals surface area contributed by atoms with E-state index in [-0.39, 0.29) is 17.9 Å². The molecule has 3 aromatic rings. The molecule has 20 heavy (non-hydrogen) atoms. The van der Waals surface area contributed by atoms with Crippen molar-refractivity contribution < 1.29 is 9.53 Å². The first-order valence-corrected chi connectivity index (χ1v) is 6.20. The average molecular weight is 271 g/mol. The van der Waals surface area contributed by atoms with Gasteiger partial charge in [-0.2, -0.15) is 4.98 Å². The number of para-hydroxylation sites is 1. The Hall–Kier alpha value is -2.83. The molecule has 0 saturated heterocycles. The van der Waals surface area contributed by atoms with Crippen LogP contribution in [0.1, 0.15) is 17.3 Å². The summed E-state index contributed by atoms with van der Waals surface area (Å²) in [7, 11) is 0. The van der Waals surface area contributed by atoms with Gasteiger partial charge in [-0.1, -0.05) is 12.1 Å². The number of carbonyl (C=O) groups excluding carboxylic acids is 1. The number of anilines is 1. The van der Waals surface area contributed by atoms with Crippen LogP contribution in [0.5, 0.6) is 6.01 Å². The summed E-state index contributed by atoms with van der Waals surface area (Å²) in [5.74, 6) is -0.0146. The molecule has 2 heterocycles. The van der Waals surface area contributed by atoms with E-state index in [0.29, 0.717) is 12.2 Å². The lowest BCUT2D eigenvalue weighted by Gasteiger charge is -2.02. The van der Waals surface area contributed by atoms with E-state index in [0.717, 1.165) is 10.9 Å². The molecule has 0 radical (unpaired) electrons. The van der Waals surface area contributed by atoms with E-state index in [1.54, 1.807) is 12.3 Å². The van der Waals surface area contributed by atoms with Crippen LogP contribution < -0.4 is 10.1 Å². The maximum Gasteiger partial charge on any atom is 0.337 e. The molecule has 3 N–H and O–H groups in total. The highest BCUT2D eigenvalue weighted by Crippen LogP contribution is 2.18. The van der Waals surface area contributed by atoms with Crippen molar-refractivity contribution in [2.75, 3.05) is 11.9 Å². The molecule has 0 aliphatic rings. The number of fused-ring (bicyclic) bond motifs is 1. The number of hydrogen-bond donors (Lipinski definition) is 3. The van der Waals surface area contributed by atoms with Gasteiger partial charge in [0.25, 0.3) is 5.91 Å². The van der Waals surface area contributed by atoms with Crippen molar-refractivity contribution in [3.8, 4) is 6.01 Å². The molecule has 0 bridgehead atoms. The van der Waals surface area contributed by atoms with Crippen LogP contribution in [0.2, 0.25) is 0 Å². The smallest absolute Gasteiger partial charge is 0.337 e. The Kier molecular flexibility index (Phi) is 3.08. The van der Waals surface area contributed by atoms with Crippen molar-refractivity contribution >= 4 is 22.8 Å². The second-order valence-corrected chi connectivity index (χ2v) is 4.10. The molecule has 7 heteroatoms. The van der Waals surface area contributed by atoms with Gasteiger partial charge >= 0.3 is 6.01 Å². The minimum atomic E-state index is -0.266. The van der Waals surface area contributed by atoms with Crippen LogP contribution in [0.25, 0.3) is 10.9 Å². The zero-order valence-electron chi connectivity index (χ0n) is 10.8. The Bertz CT molecular complexity index is 746. The Balaban J connectivity index is 1.83. The first-order valence-electron chi connectivity index (χ1n) is 6.20. The van der Waals surface area contributed by atoms with Crippen molar-refractivity contribution in [3.05, 3.63) is 36.0 Å². The summed E-state index contributed by atoms with van der Waals surface area (Å²) in [4.78, 5) is 19.3. The first-order chi connectivity index (χ1) is 9.78. The van der Waals surface area contributed by atoms with Crippen LogP contribution in [-0.2, 0) is 0 Å². The van der Waals surface area contributed by atoms with Gasteiger partial charge in [-0.05, 0) is 19.1 Å². The summed E-state index contributed by atoms with van der Waals surface area (Å²) in [5.41, 5.74) is 1.33. The monoisotopic (exact) mass is 271 g/mol. The Morgan fingerprint density at radius 2 is 2.30 bits per heavy atom. The van der Waals surface area contributed by atoms with Gasteiger partial charge < -0.3 is 9.72 Å². The van der Waals surface area contributed by atoms with Gasteiger partial charge in [0.05, 0.1) is 17.7 Å². The summed E-state index contributed by atoms with van der Waals surface area (Å²) in [6.07, 6.45) is 1.79. The largest absolute Gasteiger partial charge is 0.463 e. The van der Waals surface area contributed by atoms with E-state index in [9.17, 15) is 4.79 Å². The molecule has 0 spiro atoms. The predicted molar refractivity (Wildman–Crippen MR) is 73.8 cm³/mol. The molecular formula is C13H13N5O2. The molecule has 1 amide bonds. The van der Waals surface area contributed by atoms with Crippen LogP contribution in [-0.4, -0.2) is 32.7 Å². The summed E-state index contributed by atoms with van der Waals surface area (Å²) in [6.45, 7) is 2.30. The third-order valence-corrected chi connectivity index (χ3v) is 2.80. The normalized spacial score (nSPS) is 10.7. The number of nitrogens with zero attached hydrogens (tertiary/aromatic N) is 2. The molecular weight excluding hydrogens is 258 g/mol. The number of aromatic amines is 2. The molecule has 0 saturated carbocycles. The number of aromatic nitrogens is 4. The lowest BCUT2D eigenvalue weighted by molar-refractivity contribution is 0.102. The van der Waals surface area contributed by atoms with Crippen molar-refractivity contribution in [1.29, 1.82) is 0 Å². The molecule has 0 atom stereocenters. The third kappa shape index (κ3) is 2.20. The van der Waals surface area contributed by atoms with E-state index >= 15 is 0 Å². The summed E-state index contributed by atoms with van der Waals surface area (Å²) in [6, 6.07) is 7.63. The SMILES string of the molecule is CCOc1n[nH]c(NC(=O)c2cccc3cc[nH]c23)n1. The predicted octanol–water partition coefficient (Wildman–Crippen LogP) is 1.94. The van der Waals surface area contributed by atoms with Crippen molar-refractivity contribution in [2.24, 2.45) is 0 Å². The molecule has 0 fully saturated rings. The molecule has 3 rings (SSSR count). The average Bonchev–Trinajstić information content (AvgIpc) is 3.07. The molecule has 0 aliphatic carbocycles. The summed E-state index contributed by atoms with van der Waals surface area (Å²) < 4.78 is 5.12. The number of H-pyrrole nitrogens is 2. The Labute approximate surface area is 114 Å². The van der Waals surface area contributed by atoms with E-state index in [1.165, 1.54) is 0 Å². The van der Waals surface area contributed by atoms with E-state index in [1.807, 2.05) is 25.1 Å². The van der Waals surface area contributed by atoms with Crippen LogP contribution in [0.15, 0.2) is 30.5 Å². The highest BCUT2D eigenvalue weighted by atomic mass is 16.5. The van der Waals surface area contributed by atoms with Gasteiger partial charge in [0, 0.05) is 11.6 Å². The van der Waals surface area contributed by atoms with Crippen LogP contribution in [0.3, 0.4) is 0 Å². The maximum absolute atomic E-state index is 12.2. The Morgan fingerprint density at radius 3 is 3.15 bits per heavy atom. The topological polar surface area (TPSA) is 95.7 Å². The molecule has 0 unspecified atom stereocenters. The van der Waals surface area contributed by atoms with Gasteiger partial charge in [0.15, 0.2) is 0 Å². The molecule has 1 aromatic carbocycles. The van der Waals surface area contributed by atoms with E-state index in [4.69, 9.17) is 4.74 Å². The van der Waals surface area contributed by atoms with Gasteiger partial charge in [0.2, 0.25) is 5.95 Å². The van der Waals surface area contributed by atoms with Gasteiger partial charge in [-0.25, -0.2) is 5.10 Å². The number of rotatable bonds is 4. The van der Waals surface area contributed by atoms with Gasteiger partial charge in [-0.15, -0.1) is 5.10 Å². The minimum absolute atomic E-state index is 0.209. The lowest BCUT2D eigenvalue weighted by Crippen LogP contribution is -2.13. The number of benzene rings is 1. The quantitative estimate of drug-likeness (QED) is 0.675. The zero-order valence-corrected chi connectivity index (χ0v) is 10.8. The van der Waals surface area contributed by atoms with E-state index in [2.05, 4.69) is 25.5 Å². The number of amides is 1. The van der Waals surface area contributed by atoms with Crippen LogP contribution in [0.4, 0.5) is 5.95 Å². The zero-order chi connectivity index (χ0) is 13.9. The first kappa shape index (κ1) is 12.2. The minimum Gasteiger partial charge on any atom is -0.463 e.